The zero-order chi connectivity index (χ0) is 12.6. The lowest BCUT2D eigenvalue weighted by atomic mass is 9.54. The van der Waals surface area contributed by atoms with Crippen molar-refractivity contribution in [3.8, 4) is 0 Å². The van der Waals surface area contributed by atoms with Gasteiger partial charge in [0.15, 0.2) is 0 Å². The first kappa shape index (κ1) is 11.7. The Labute approximate surface area is 104 Å². The molecule has 2 heteroatoms. The Bertz CT molecular complexity index is 398. The fourth-order valence-electron chi connectivity index (χ4n) is 5.66. The predicted octanol–water partition coefficient (Wildman–Crippen LogP) is 2.50. The van der Waals surface area contributed by atoms with E-state index in [-0.39, 0.29) is 17.4 Å². The Balaban J connectivity index is 2.29. The number of hydrogen-bond donors (Lipinski definition) is 2. The van der Waals surface area contributed by atoms with Crippen molar-refractivity contribution in [2.75, 3.05) is 0 Å². The van der Waals surface area contributed by atoms with Crippen LogP contribution in [0.3, 0.4) is 0 Å². The third kappa shape index (κ3) is 0.943. The second-order valence-electron chi connectivity index (χ2n) is 7.13. The first-order valence-electron chi connectivity index (χ1n) is 6.86. The summed E-state index contributed by atoms with van der Waals surface area (Å²) in [6.07, 6.45) is 4.51. The van der Waals surface area contributed by atoms with Crippen LogP contribution in [0.4, 0.5) is 0 Å². The van der Waals surface area contributed by atoms with Gasteiger partial charge in [-0.2, -0.15) is 0 Å². The molecule has 3 aliphatic carbocycles. The molecule has 2 nitrogen and oxygen atoms in total. The molecule has 2 saturated carbocycles. The van der Waals surface area contributed by atoms with Gasteiger partial charge in [-0.25, -0.2) is 0 Å². The van der Waals surface area contributed by atoms with Crippen LogP contribution in [0.1, 0.15) is 47.0 Å². The fourth-order valence-corrected chi connectivity index (χ4v) is 5.66. The summed E-state index contributed by atoms with van der Waals surface area (Å²) in [5.41, 5.74) is 0.126. The maximum Gasteiger partial charge on any atom is 0.0800 e. The molecule has 2 fully saturated rings. The normalized spacial score (nSPS) is 55.6. The molecular formula is C15H24O2. The molecule has 17 heavy (non-hydrogen) atoms. The highest BCUT2D eigenvalue weighted by Crippen LogP contribution is 2.74. The largest absolute Gasteiger partial charge is 0.392 e. The summed E-state index contributed by atoms with van der Waals surface area (Å²) < 4.78 is 0. The highest BCUT2D eigenvalue weighted by Gasteiger charge is 2.76. The van der Waals surface area contributed by atoms with Gasteiger partial charge >= 0.3 is 0 Å². The number of allylic oxidation sites excluding steroid dienone is 1. The van der Waals surface area contributed by atoms with Gasteiger partial charge < -0.3 is 10.2 Å². The first-order valence-corrected chi connectivity index (χ1v) is 6.86. The van der Waals surface area contributed by atoms with Crippen molar-refractivity contribution in [1.82, 2.24) is 0 Å². The summed E-state index contributed by atoms with van der Waals surface area (Å²) in [6, 6.07) is 0. The second kappa shape index (κ2) is 2.97. The van der Waals surface area contributed by atoms with Crippen LogP contribution in [0.2, 0.25) is 0 Å². The summed E-state index contributed by atoms with van der Waals surface area (Å²) in [7, 11) is 0. The van der Waals surface area contributed by atoms with Gasteiger partial charge in [0.25, 0.3) is 0 Å². The average Bonchev–Trinajstić information content (AvgIpc) is 2.45. The molecule has 2 bridgehead atoms. The molecular weight excluding hydrogens is 212 g/mol. The summed E-state index contributed by atoms with van der Waals surface area (Å²) in [6.45, 7) is 8.69. The average molecular weight is 236 g/mol. The molecule has 0 saturated heterocycles. The number of aliphatic hydroxyl groups excluding tert-OH is 1. The van der Waals surface area contributed by atoms with Crippen molar-refractivity contribution in [2.24, 2.45) is 22.7 Å². The van der Waals surface area contributed by atoms with Gasteiger partial charge in [-0.05, 0) is 43.4 Å². The molecule has 0 aromatic heterocycles. The molecule has 3 rings (SSSR count). The Morgan fingerprint density at radius 1 is 1.35 bits per heavy atom. The van der Waals surface area contributed by atoms with E-state index in [1.54, 1.807) is 0 Å². The van der Waals surface area contributed by atoms with Crippen molar-refractivity contribution in [3.05, 3.63) is 11.6 Å². The van der Waals surface area contributed by atoms with Gasteiger partial charge in [0.1, 0.15) is 0 Å². The lowest BCUT2D eigenvalue weighted by Gasteiger charge is -2.52. The smallest absolute Gasteiger partial charge is 0.0800 e. The molecule has 0 aliphatic heterocycles. The molecule has 5 atom stereocenters. The highest BCUT2D eigenvalue weighted by molar-refractivity contribution is 5.38. The van der Waals surface area contributed by atoms with Crippen molar-refractivity contribution < 1.29 is 10.2 Å². The number of aliphatic hydroxyl groups is 2. The van der Waals surface area contributed by atoms with E-state index >= 15 is 0 Å². The van der Waals surface area contributed by atoms with Crippen LogP contribution in [-0.4, -0.2) is 21.9 Å². The van der Waals surface area contributed by atoms with Gasteiger partial charge in [0, 0.05) is 0 Å². The third-order valence-electron chi connectivity index (χ3n) is 6.50. The Morgan fingerprint density at radius 3 is 2.65 bits per heavy atom. The maximum atomic E-state index is 11.2. The van der Waals surface area contributed by atoms with Crippen LogP contribution in [0.5, 0.6) is 0 Å². The van der Waals surface area contributed by atoms with Crippen molar-refractivity contribution in [2.45, 2.75) is 58.7 Å². The molecule has 1 unspecified atom stereocenters. The summed E-state index contributed by atoms with van der Waals surface area (Å²) in [5, 5.41) is 21.9. The highest BCUT2D eigenvalue weighted by atomic mass is 16.3. The van der Waals surface area contributed by atoms with Gasteiger partial charge in [-0.15, -0.1) is 0 Å². The molecule has 2 N–H and O–H groups in total. The van der Waals surface area contributed by atoms with Crippen molar-refractivity contribution in [1.29, 1.82) is 0 Å². The van der Waals surface area contributed by atoms with E-state index in [1.165, 1.54) is 5.57 Å². The Morgan fingerprint density at radius 2 is 2.00 bits per heavy atom. The standard InChI is InChI=1S/C15H24O2/c1-9-5-6-11-8-14(17)10(2)7-12(16)15(9,14)13(11,3)4/h5,10-12,16-17H,6-8H2,1-4H3/t10-,11+,12-,14+,15?/m1/s1. The minimum Gasteiger partial charge on any atom is -0.392 e. The SMILES string of the molecule is CC1=CC[C@H]2C[C@]3(O)[C@H](C)C[C@@H](O)C13C2(C)C. The quantitative estimate of drug-likeness (QED) is 0.634. The molecule has 0 radical (unpaired) electrons. The van der Waals surface area contributed by atoms with Crippen LogP contribution in [0, 0.1) is 22.7 Å². The van der Waals surface area contributed by atoms with E-state index in [1.807, 2.05) is 0 Å². The summed E-state index contributed by atoms with van der Waals surface area (Å²) in [5.74, 6) is 0.705. The van der Waals surface area contributed by atoms with Gasteiger partial charge in [-0.3, -0.25) is 0 Å². The second-order valence-corrected chi connectivity index (χ2v) is 7.13. The topological polar surface area (TPSA) is 40.5 Å². The fraction of sp³-hybridized carbons (Fsp3) is 0.867. The Hall–Kier alpha value is -0.340. The van der Waals surface area contributed by atoms with E-state index in [0.717, 1.165) is 19.3 Å². The molecule has 0 aromatic rings. The Kier molecular flexibility index (Phi) is 2.05. The number of fused-ring (bicyclic) bond motifs is 1. The lowest BCUT2D eigenvalue weighted by molar-refractivity contribution is -0.114. The maximum absolute atomic E-state index is 11.2. The minimum atomic E-state index is -0.697. The predicted molar refractivity (Wildman–Crippen MR) is 67.4 cm³/mol. The van der Waals surface area contributed by atoms with Gasteiger partial charge in [-0.1, -0.05) is 32.4 Å². The van der Waals surface area contributed by atoms with Gasteiger partial charge in [0.2, 0.25) is 0 Å². The van der Waals surface area contributed by atoms with E-state index < -0.39 is 11.0 Å². The van der Waals surface area contributed by atoms with E-state index in [2.05, 4.69) is 33.8 Å². The number of rotatable bonds is 0. The summed E-state index contributed by atoms with van der Waals surface area (Å²) >= 11 is 0. The van der Waals surface area contributed by atoms with E-state index in [0.29, 0.717) is 5.92 Å². The van der Waals surface area contributed by atoms with Crippen molar-refractivity contribution >= 4 is 0 Å². The zero-order valence-electron chi connectivity index (χ0n) is 11.3. The first-order chi connectivity index (χ1) is 7.78. The molecule has 0 aromatic carbocycles. The lowest BCUT2D eigenvalue weighted by Crippen LogP contribution is -2.55. The van der Waals surface area contributed by atoms with Crippen LogP contribution < -0.4 is 0 Å². The number of hydrogen-bond acceptors (Lipinski definition) is 2. The molecule has 0 amide bonds. The van der Waals surface area contributed by atoms with E-state index in [9.17, 15) is 10.2 Å². The molecule has 0 heterocycles. The third-order valence-corrected chi connectivity index (χ3v) is 6.50. The van der Waals surface area contributed by atoms with Crippen molar-refractivity contribution in [3.63, 3.8) is 0 Å². The molecule has 96 valence electrons. The molecule has 1 spiro atoms. The van der Waals surface area contributed by atoms with Crippen LogP contribution >= 0.6 is 0 Å². The zero-order valence-corrected chi connectivity index (χ0v) is 11.3. The minimum absolute atomic E-state index is 0.00472. The molecule has 3 aliphatic rings. The van der Waals surface area contributed by atoms with Gasteiger partial charge in [0.05, 0.1) is 17.1 Å². The van der Waals surface area contributed by atoms with Crippen LogP contribution in [0.15, 0.2) is 11.6 Å². The van der Waals surface area contributed by atoms with E-state index in [4.69, 9.17) is 0 Å². The monoisotopic (exact) mass is 236 g/mol. The summed E-state index contributed by atoms with van der Waals surface area (Å²) in [4.78, 5) is 0. The van der Waals surface area contributed by atoms with Crippen LogP contribution in [0.25, 0.3) is 0 Å². The van der Waals surface area contributed by atoms with Crippen LogP contribution in [-0.2, 0) is 0 Å².